The normalized spacial score (nSPS) is 25.4. The molecule has 1 heterocycles. The van der Waals surface area contributed by atoms with Gasteiger partial charge in [-0.25, -0.2) is 8.42 Å². The fourth-order valence-corrected chi connectivity index (χ4v) is 4.46. The SMILES string of the molecule is CC1CCN(S(=O)(=O)c2ccc(CCl)cc2)C(C)C1. The third-order valence-electron chi connectivity index (χ3n) is 3.76. The molecule has 0 aromatic heterocycles. The van der Waals surface area contributed by atoms with E-state index in [-0.39, 0.29) is 6.04 Å². The summed E-state index contributed by atoms with van der Waals surface area (Å²) in [5.74, 6) is 0.998. The van der Waals surface area contributed by atoms with Crippen LogP contribution in [0, 0.1) is 5.92 Å². The molecule has 1 aliphatic heterocycles. The summed E-state index contributed by atoms with van der Waals surface area (Å²) in [5.41, 5.74) is 0.931. The molecule has 0 amide bonds. The highest BCUT2D eigenvalue weighted by Gasteiger charge is 2.32. The van der Waals surface area contributed by atoms with Crippen molar-refractivity contribution in [3.63, 3.8) is 0 Å². The summed E-state index contributed by atoms with van der Waals surface area (Å²) in [6.07, 6.45) is 1.86. The van der Waals surface area contributed by atoms with Gasteiger partial charge in [-0.1, -0.05) is 19.1 Å². The van der Waals surface area contributed by atoms with E-state index >= 15 is 0 Å². The predicted octanol–water partition coefficient (Wildman–Crippen LogP) is 3.23. The molecule has 0 spiro atoms. The fraction of sp³-hybridized carbons (Fsp3) is 0.571. The summed E-state index contributed by atoms with van der Waals surface area (Å²) >= 11 is 5.72. The number of nitrogens with zero attached hydrogens (tertiary/aromatic N) is 1. The first-order valence-electron chi connectivity index (χ1n) is 6.62. The van der Waals surface area contributed by atoms with Crippen LogP contribution in [0.4, 0.5) is 0 Å². The second kappa shape index (κ2) is 5.81. The average Bonchev–Trinajstić information content (AvgIpc) is 2.38. The predicted molar refractivity (Wildman–Crippen MR) is 77.8 cm³/mol. The zero-order valence-electron chi connectivity index (χ0n) is 11.3. The van der Waals surface area contributed by atoms with E-state index in [0.29, 0.717) is 23.2 Å². The molecule has 2 atom stereocenters. The monoisotopic (exact) mass is 301 g/mol. The Hall–Kier alpha value is -0.580. The standard InChI is InChI=1S/C14H20ClNO2S/c1-11-7-8-16(12(2)9-11)19(17,18)14-5-3-13(10-15)4-6-14/h3-6,11-12H,7-10H2,1-2H3. The molecule has 0 radical (unpaired) electrons. The molecule has 1 fully saturated rings. The summed E-state index contributed by atoms with van der Waals surface area (Å²) in [6.45, 7) is 4.78. The lowest BCUT2D eigenvalue weighted by Gasteiger charge is -2.35. The van der Waals surface area contributed by atoms with Crippen LogP contribution in [0.25, 0.3) is 0 Å². The maximum atomic E-state index is 12.6. The van der Waals surface area contributed by atoms with E-state index in [1.165, 1.54) is 0 Å². The van der Waals surface area contributed by atoms with Crippen molar-refractivity contribution < 1.29 is 8.42 Å². The van der Waals surface area contributed by atoms with Gasteiger partial charge in [0.25, 0.3) is 0 Å². The highest BCUT2D eigenvalue weighted by molar-refractivity contribution is 7.89. The van der Waals surface area contributed by atoms with Crippen LogP contribution in [0.1, 0.15) is 32.3 Å². The van der Waals surface area contributed by atoms with Gasteiger partial charge >= 0.3 is 0 Å². The highest BCUT2D eigenvalue weighted by atomic mass is 35.5. The molecule has 2 unspecified atom stereocenters. The molecular weight excluding hydrogens is 282 g/mol. The van der Waals surface area contributed by atoms with Gasteiger partial charge in [0, 0.05) is 18.5 Å². The van der Waals surface area contributed by atoms with Crippen molar-refractivity contribution in [3.8, 4) is 0 Å². The van der Waals surface area contributed by atoms with Crippen molar-refractivity contribution in [1.29, 1.82) is 0 Å². The molecule has 3 nitrogen and oxygen atoms in total. The first-order chi connectivity index (χ1) is 8.95. The largest absolute Gasteiger partial charge is 0.243 e. The molecule has 0 N–H and O–H groups in total. The number of hydrogen-bond acceptors (Lipinski definition) is 2. The summed E-state index contributed by atoms with van der Waals surface area (Å²) in [7, 11) is -3.37. The zero-order valence-corrected chi connectivity index (χ0v) is 12.9. The quantitative estimate of drug-likeness (QED) is 0.804. The van der Waals surface area contributed by atoms with Gasteiger partial charge in [0.1, 0.15) is 0 Å². The van der Waals surface area contributed by atoms with Crippen LogP contribution in [0.5, 0.6) is 0 Å². The van der Waals surface area contributed by atoms with Gasteiger partial charge in [0.2, 0.25) is 10.0 Å². The van der Waals surface area contributed by atoms with Crippen LogP contribution in [0.2, 0.25) is 0 Å². The van der Waals surface area contributed by atoms with E-state index in [0.717, 1.165) is 18.4 Å². The fourth-order valence-electron chi connectivity index (χ4n) is 2.63. The molecule has 0 bridgehead atoms. The smallest absolute Gasteiger partial charge is 0.207 e. The van der Waals surface area contributed by atoms with Crippen LogP contribution in [-0.2, 0) is 15.9 Å². The average molecular weight is 302 g/mol. The molecule has 1 saturated heterocycles. The maximum absolute atomic E-state index is 12.6. The topological polar surface area (TPSA) is 37.4 Å². The lowest BCUT2D eigenvalue weighted by atomic mass is 9.95. The Bertz CT molecular complexity index is 527. The molecule has 0 saturated carbocycles. The molecule has 1 aliphatic rings. The molecule has 1 aromatic rings. The van der Waals surface area contributed by atoms with E-state index in [1.807, 2.05) is 6.92 Å². The first-order valence-corrected chi connectivity index (χ1v) is 8.59. The van der Waals surface area contributed by atoms with Crippen LogP contribution < -0.4 is 0 Å². The number of hydrogen-bond donors (Lipinski definition) is 0. The van der Waals surface area contributed by atoms with Crippen molar-refractivity contribution in [2.24, 2.45) is 5.92 Å². The third kappa shape index (κ3) is 3.12. The van der Waals surface area contributed by atoms with Crippen molar-refractivity contribution >= 4 is 21.6 Å². The number of halogens is 1. The maximum Gasteiger partial charge on any atom is 0.243 e. The first kappa shape index (κ1) is 14.8. The molecule has 1 aromatic carbocycles. The van der Waals surface area contributed by atoms with Gasteiger partial charge in [-0.15, -0.1) is 11.6 Å². The molecule has 2 rings (SSSR count). The van der Waals surface area contributed by atoms with E-state index in [1.54, 1.807) is 28.6 Å². The summed E-state index contributed by atoms with van der Waals surface area (Å²) in [4.78, 5) is 0.364. The Morgan fingerprint density at radius 2 is 1.89 bits per heavy atom. The second-order valence-electron chi connectivity index (χ2n) is 5.37. The number of rotatable bonds is 3. The van der Waals surface area contributed by atoms with Crippen molar-refractivity contribution in [1.82, 2.24) is 4.31 Å². The van der Waals surface area contributed by atoms with Gasteiger partial charge in [0.05, 0.1) is 4.90 Å². The van der Waals surface area contributed by atoms with Crippen LogP contribution in [0.15, 0.2) is 29.2 Å². The molecule has 0 aliphatic carbocycles. The Labute approximate surface area is 120 Å². The lowest BCUT2D eigenvalue weighted by Crippen LogP contribution is -2.44. The molecule has 19 heavy (non-hydrogen) atoms. The van der Waals surface area contributed by atoms with Crippen molar-refractivity contribution in [2.75, 3.05) is 6.54 Å². The molecular formula is C14H20ClNO2S. The number of sulfonamides is 1. The van der Waals surface area contributed by atoms with Crippen molar-refractivity contribution in [2.45, 2.75) is 43.5 Å². The minimum atomic E-state index is -3.37. The van der Waals surface area contributed by atoms with Gasteiger partial charge in [0.15, 0.2) is 0 Å². The van der Waals surface area contributed by atoms with Crippen LogP contribution >= 0.6 is 11.6 Å². The van der Waals surface area contributed by atoms with Crippen molar-refractivity contribution in [3.05, 3.63) is 29.8 Å². The summed E-state index contributed by atoms with van der Waals surface area (Å²) in [6, 6.07) is 6.92. The Morgan fingerprint density at radius 3 is 2.42 bits per heavy atom. The van der Waals surface area contributed by atoms with Crippen LogP contribution in [-0.4, -0.2) is 25.3 Å². The lowest BCUT2D eigenvalue weighted by molar-refractivity contribution is 0.220. The number of benzene rings is 1. The Kier molecular flexibility index (Phi) is 4.54. The highest BCUT2D eigenvalue weighted by Crippen LogP contribution is 2.28. The van der Waals surface area contributed by atoms with E-state index in [9.17, 15) is 8.42 Å². The van der Waals surface area contributed by atoms with Crippen LogP contribution in [0.3, 0.4) is 0 Å². The van der Waals surface area contributed by atoms with E-state index < -0.39 is 10.0 Å². The van der Waals surface area contributed by atoms with E-state index in [4.69, 9.17) is 11.6 Å². The minimum Gasteiger partial charge on any atom is -0.207 e. The second-order valence-corrected chi connectivity index (χ2v) is 7.53. The molecule has 106 valence electrons. The summed E-state index contributed by atoms with van der Waals surface area (Å²) < 4.78 is 26.8. The number of piperidine rings is 1. The van der Waals surface area contributed by atoms with E-state index in [2.05, 4.69) is 6.92 Å². The summed E-state index contributed by atoms with van der Waals surface area (Å²) in [5, 5.41) is 0. The zero-order chi connectivity index (χ0) is 14.0. The molecule has 5 heteroatoms. The Balaban J connectivity index is 2.26. The third-order valence-corrected chi connectivity index (χ3v) is 6.10. The van der Waals surface area contributed by atoms with Gasteiger partial charge in [-0.2, -0.15) is 4.31 Å². The van der Waals surface area contributed by atoms with Gasteiger partial charge in [-0.05, 0) is 43.4 Å². The minimum absolute atomic E-state index is 0.0708. The van der Waals surface area contributed by atoms with Gasteiger partial charge < -0.3 is 0 Å². The number of alkyl halides is 1. The Morgan fingerprint density at radius 1 is 1.26 bits per heavy atom. The van der Waals surface area contributed by atoms with Gasteiger partial charge in [-0.3, -0.25) is 0 Å².